The van der Waals surface area contributed by atoms with Gasteiger partial charge < -0.3 is 5.32 Å². The molecule has 3 heteroatoms. The van der Waals surface area contributed by atoms with Gasteiger partial charge in [0.15, 0.2) is 0 Å². The van der Waals surface area contributed by atoms with E-state index in [1.165, 1.54) is 32.1 Å². The maximum Gasteiger partial charge on any atom is 0.220 e. The van der Waals surface area contributed by atoms with E-state index in [0.29, 0.717) is 11.8 Å². The van der Waals surface area contributed by atoms with E-state index in [-0.39, 0.29) is 5.91 Å². The standard InChI is InChI=1S/C13H24BrNO/c1-11(2)9-13(6-3-4-7-13)10-15-12(16)5-8-14/h11H,3-10H2,1-2H3,(H,15,16). The first-order valence-corrected chi connectivity index (χ1v) is 7.53. The minimum Gasteiger partial charge on any atom is -0.356 e. The number of halogens is 1. The summed E-state index contributed by atoms with van der Waals surface area (Å²) >= 11 is 3.30. The zero-order chi connectivity index (χ0) is 12.0. The van der Waals surface area contributed by atoms with Crippen molar-refractivity contribution in [2.45, 2.75) is 52.4 Å². The Hall–Kier alpha value is -0.0500. The van der Waals surface area contributed by atoms with E-state index in [0.717, 1.165) is 17.8 Å². The van der Waals surface area contributed by atoms with Crippen LogP contribution in [0.3, 0.4) is 0 Å². The van der Waals surface area contributed by atoms with E-state index >= 15 is 0 Å². The topological polar surface area (TPSA) is 29.1 Å². The van der Waals surface area contributed by atoms with Gasteiger partial charge in [-0.3, -0.25) is 4.79 Å². The summed E-state index contributed by atoms with van der Waals surface area (Å²) < 4.78 is 0. The molecular weight excluding hydrogens is 266 g/mol. The molecule has 0 heterocycles. The van der Waals surface area contributed by atoms with Gasteiger partial charge in [-0.25, -0.2) is 0 Å². The summed E-state index contributed by atoms with van der Waals surface area (Å²) in [6.45, 7) is 5.44. The third kappa shape index (κ3) is 4.44. The third-order valence-corrected chi connectivity index (χ3v) is 3.88. The lowest BCUT2D eigenvalue weighted by atomic mass is 9.78. The van der Waals surface area contributed by atoms with Crippen LogP contribution in [0.5, 0.6) is 0 Å². The van der Waals surface area contributed by atoms with Crippen molar-refractivity contribution in [3.63, 3.8) is 0 Å². The Morgan fingerprint density at radius 3 is 2.50 bits per heavy atom. The van der Waals surface area contributed by atoms with E-state index in [1.54, 1.807) is 0 Å². The lowest BCUT2D eigenvalue weighted by molar-refractivity contribution is -0.121. The van der Waals surface area contributed by atoms with Gasteiger partial charge in [0, 0.05) is 18.3 Å². The molecule has 0 spiro atoms. The first-order valence-electron chi connectivity index (χ1n) is 6.41. The molecule has 0 unspecified atom stereocenters. The highest BCUT2D eigenvalue weighted by Crippen LogP contribution is 2.42. The van der Waals surface area contributed by atoms with Gasteiger partial charge >= 0.3 is 0 Å². The van der Waals surface area contributed by atoms with Crippen molar-refractivity contribution in [3.05, 3.63) is 0 Å². The minimum atomic E-state index is 0.187. The van der Waals surface area contributed by atoms with Crippen molar-refractivity contribution >= 4 is 21.8 Å². The van der Waals surface area contributed by atoms with Gasteiger partial charge in [0.05, 0.1) is 0 Å². The van der Waals surface area contributed by atoms with Crippen LogP contribution in [0.1, 0.15) is 52.4 Å². The fourth-order valence-corrected chi connectivity index (χ4v) is 3.26. The molecule has 1 saturated carbocycles. The lowest BCUT2D eigenvalue weighted by Gasteiger charge is -2.31. The smallest absolute Gasteiger partial charge is 0.220 e. The van der Waals surface area contributed by atoms with Gasteiger partial charge in [0.1, 0.15) is 0 Å². The summed E-state index contributed by atoms with van der Waals surface area (Å²) in [5, 5.41) is 3.86. The molecule has 1 amide bonds. The molecule has 1 rings (SSSR count). The highest BCUT2D eigenvalue weighted by atomic mass is 79.9. The lowest BCUT2D eigenvalue weighted by Crippen LogP contribution is -2.36. The largest absolute Gasteiger partial charge is 0.356 e. The molecule has 0 aromatic carbocycles. The number of hydrogen-bond donors (Lipinski definition) is 1. The number of rotatable bonds is 6. The van der Waals surface area contributed by atoms with E-state index in [9.17, 15) is 4.79 Å². The van der Waals surface area contributed by atoms with Gasteiger partial charge in [-0.1, -0.05) is 42.6 Å². The quantitative estimate of drug-likeness (QED) is 0.745. The Kier molecular flexibility index (Phi) is 5.81. The predicted molar refractivity (Wildman–Crippen MR) is 71.8 cm³/mol. The molecule has 2 nitrogen and oxygen atoms in total. The van der Waals surface area contributed by atoms with Crippen LogP contribution in [0.4, 0.5) is 0 Å². The number of hydrogen-bond acceptors (Lipinski definition) is 1. The van der Waals surface area contributed by atoms with Crippen LogP contribution in [0.25, 0.3) is 0 Å². The number of alkyl halides is 1. The molecule has 1 fully saturated rings. The molecule has 0 atom stereocenters. The van der Waals surface area contributed by atoms with Gasteiger partial charge in [0.25, 0.3) is 0 Å². The second kappa shape index (κ2) is 6.63. The summed E-state index contributed by atoms with van der Waals surface area (Å²) in [5.41, 5.74) is 0.399. The van der Waals surface area contributed by atoms with Crippen LogP contribution in [0.15, 0.2) is 0 Å². The second-order valence-electron chi connectivity index (χ2n) is 5.52. The molecular formula is C13H24BrNO. The van der Waals surface area contributed by atoms with Gasteiger partial charge in [-0.15, -0.1) is 0 Å². The van der Waals surface area contributed by atoms with Crippen LogP contribution in [-0.2, 0) is 4.79 Å². The number of nitrogens with one attached hydrogen (secondary N) is 1. The summed E-state index contributed by atoms with van der Waals surface area (Å²) in [7, 11) is 0. The van der Waals surface area contributed by atoms with Gasteiger partial charge in [0.2, 0.25) is 5.91 Å². The number of carbonyl (C=O) groups is 1. The molecule has 16 heavy (non-hydrogen) atoms. The van der Waals surface area contributed by atoms with E-state index in [4.69, 9.17) is 0 Å². The molecule has 0 aromatic rings. The van der Waals surface area contributed by atoms with Crippen molar-refractivity contribution in [1.29, 1.82) is 0 Å². The molecule has 0 saturated heterocycles. The van der Waals surface area contributed by atoms with Gasteiger partial charge in [-0.2, -0.15) is 0 Å². The van der Waals surface area contributed by atoms with Crippen LogP contribution in [0, 0.1) is 11.3 Å². The van der Waals surface area contributed by atoms with E-state index in [1.807, 2.05) is 0 Å². The summed E-state index contributed by atoms with van der Waals surface area (Å²) in [5.74, 6) is 0.915. The van der Waals surface area contributed by atoms with Crippen molar-refractivity contribution in [1.82, 2.24) is 5.32 Å². The van der Waals surface area contributed by atoms with Gasteiger partial charge in [-0.05, 0) is 30.6 Å². The fourth-order valence-electron chi connectivity index (χ4n) is 2.90. The summed E-state index contributed by atoms with van der Waals surface area (Å²) in [6.07, 6.45) is 7.10. The summed E-state index contributed by atoms with van der Waals surface area (Å²) in [4.78, 5) is 11.5. The molecule has 0 aliphatic heterocycles. The molecule has 94 valence electrons. The number of carbonyl (C=O) groups excluding carboxylic acids is 1. The molecule has 0 aromatic heterocycles. The maximum absolute atomic E-state index is 11.5. The predicted octanol–water partition coefficient (Wildman–Crippen LogP) is 3.49. The van der Waals surface area contributed by atoms with E-state index < -0.39 is 0 Å². The van der Waals surface area contributed by atoms with Crippen LogP contribution < -0.4 is 5.32 Å². The van der Waals surface area contributed by atoms with Crippen molar-refractivity contribution in [2.24, 2.45) is 11.3 Å². The molecule has 0 radical (unpaired) electrons. The maximum atomic E-state index is 11.5. The van der Waals surface area contributed by atoms with Crippen molar-refractivity contribution in [3.8, 4) is 0 Å². The first kappa shape index (κ1) is 14.0. The van der Waals surface area contributed by atoms with Crippen LogP contribution in [0.2, 0.25) is 0 Å². The molecule has 1 aliphatic carbocycles. The summed E-state index contributed by atoms with van der Waals surface area (Å²) in [6, 6.07) is 0. The first-order chi connectivity index (χ1) is 7.58. The molecule has 0 bridgehead atoms. The number of amides is 1. The average Bonchev–Trinajstić information content (AvgIpc) is 2.64. The normalized spacial score (nSPS) is 19.0. The van der Waals surface area contributed by atoms with Crippen molar-refractivity contribution in [2.75, 3.05) is 11.9 Å². The van der Waals surface area contributed by atoms with E-state index in [2.05, 4.69) is 35.1 Å². The zero-order valence-corrected chi connectivity index (χ0v) is 12.1. The Morgan fingerprint density at radius 1 is 1.38 bits per heavy atom. The van der Waals surface area contributed by atoms with Crippen LogP contribution in [-0.4, -0.2) is 17.8 Å². The highest BCUT2D eigenvalue weighted by Gasteiger charge is 2.34. The Morgan fingerprint density at radius 2 is 2.00 bits per heavy atom. The molecule has 1 N–H and O–H groups in total. The third-order valence-electron chi connectivity index (χ3n) is 3.49. The monoisotopic (exact) mass is 289 g/mol. The fraction of sp³-hybridized carbons (Fsp3) is 0.923. The Balaban J connectivity index is 2.42. The Bertz CT molecular complexity index is 222. The SMILES string of the molecule is CC(C)CC1(CNC(=O)CCBr)CCCC1. The van der Waals surface area contributed by atoms with Crippen LogP contribution >= 0.6 is 15.9 Å². The Labute approximate surface area is 108 Å². The second-order valence-corrected chi connectivity index (χ2v) is 6.31. The van der Waals surface area contributed by atoms with Crippen molar-refractivity contribution < 1.29 is 4.79 Å². The zero-order valence-electron chi connectivity index (χ0n) is 10.5. The minimum absolute atomic E-state index is 0.187. The highest BCUT2D eigenvalue weighted by molar-refractivity contribution is 9.09. The molecule has 1 aliphatic rings. The average molecular weight is 290 g/mol.